The number of hydrogen-bond acceptors (Lipinski definition) is 9. The molecule has 0 saturated carbocycles. The van der Waals surface area contributed by atoms with Crippen LogP contribution in [-0.2, 0) is 16.1 Å². The van der Waals surface area contributed by atoms with E-state index in [1.807, 2.05) is 17.6 Å². The van der Waals surface area contributed by atoms with Crippen molar-refractivity contribution in [1.29, 1.82) is 0 Å². The fourth-order valence-corrected chi connectivity index (χ4v) is 5.72. The highest BCUT2D eigenvalue weighted by Crippen LogP contribution is 2.44. The number of rotatable bonds is 11. The molecule has 3 aromatic heterocycles. The third kappa shape index (κ3) is 7.18. The van der Waals surface area contributed by atoms with Crippen LogP contribution in [0.15, 0.2) is 65.8 Å². The van der Waals surface area contributed by atoms with Gasteiger partial charge in [0.1, 0.15) is 18.2 Å². The van der Waals surface area contributed by atoms with Crippen LogP contribution in [0, 0.1) is 5.82 Å². The molecule has 232 valence electrons. The summed E-state index contributed by atoms with van der Waals surface area (Å²) >= 11 is 1.50. The van der Waals surface area contributed by atoms with Gasteiger partial charge in [0.05, 0.1) is 69.0 Å². The summed E-state index contributed by atoms with van der Waals surface area (Å²) in [5, 5.41) is 16.6. The highest BCUT2D eigenvalue weighted by atomic mass is 32.1. The molecule has 0 bridgehead atoms. The van der Waals surface area contributed by atoms with Gasteiger partial charge in [-0.1, -0.05) is 6.58 Å². The number of thiophene rings is 1. The molecule has 4 aromatic rings. The predicted molar refractivity (Wildman–Crippen MR) is 169 cm³/mol. The SMILES string of the molecule is C=CC(=O)N1CCN=C(/C=C(\N)c2nc(-c3cnn(CCO)c3)c3ccsc3c2-c2ccc(F)cc2OCCOC)C1.CF. The number of aliphatic hydroxyl groups excluding tert-OH is 1. The monoisotopic (exact) mass is 624 g/mol. The second kappa shape index (κ2) is 15.3. The van der Waals surface area contributed by atoms with Crippen molar-refractivity contribution in [2.45, 2.75) is 6.54 Å². The normalized spacial score (nSPS) is 13.3. The number of fused-ring (bicyclic) bond motifs is 1. The molecular weight excluding hydrogens is 590 g/mol. The van der Waals surface area contributed by atoms with Crippen molar-refractivity contribution in [2.24, 2.45) is 10.7 Å². The Labute approximate surface area is 257 Å². The lowest BCUT2D eigenvalue weighted by Crippen LogP contribution is -2.39. The minimum absolute atomic E-state index is 0.0494. The van der Waals surface area contributed by atoms with E-state index in [-0.39, 0.29) is 25.7 Å². The van der Waals surface area contributed by atoms with Gasteiger partial charge in [0, 0.05) is 52.7 Å². The third-order valence-electron chi connectivity index (χ3n) is 6.72. The van der Waals surface area contributed by atoms with E-state index in [1.54, 1.807) is 35.0 Å². The Morgan fingerprint density at radius 3 is 2.84 bits per heavy atom. The highest BCUT2D eigenvalue weighted by molar-refractivity contribution is 7.17. The fraction of sp³-hybridized carbons (Fsp3) is 0.290. The summed E-state index contributed by atoms with van der Waals surface area (Å²) in [6.07, 6.45) is 6.52. The van der Waals surface area contributed by atoms with Crippen LogP contribution in [0.1, 0.15) is 5.69 Å². The van der Waals surface area contributed by atoms with Crippen LogP contribution in [0.25, 0.3) is 38.2 Å². The predicted octanol–water partition coefficient (Wildman–Crippen LogP) is 4.34. The summed E-state index contributed by atoms with van der Waals surface area (Å²) in [6.45, 7) is 5.64. The van der Waals surface area contributed by atoms with Gasteiger partial charge in [-0.15, -0.1) is 11.3 Å². The molecule has 0 radical (unpaired) electrons. The molecule has 0 spiro atoms. The largest absolute Gasteiger partial charge is 0.490 e. The Morgan fingerprint density at radius 1 is 1.27 bits per heavy atom. The summed E-state index contributed by atoms with van der Waals surface area (Å²) in [5.41, 5.74) is 10.9. The molecule has 0 aliphatic carbocycles. The quantitative estimate of drug-likeness (QED) is 0.188. The number of ether oxygens (including phenoxy) is 2. The second-order valence-corrected chi connectivity index (χ2v) is 10.4. The van der Waals surface area contributed by atoms with E-state index >= 15 is 0 Å². The van der Waals surface area contributed by atoms with E-state index in [1.165, 1.54) is 29.5 Å². The number of halogens is 2. The summed E-state index contributed by atoms with van der Waals surface area (Å²) in [6, 6.07) is 6.34. The van der Waals surface area contributed by atoms with Gasteiger partial charge < -0.3 is 25.2 Å². The van der Waals surface area contributed by atoms with Crippen LogP contribution in [0.3, 0.4) is 0 Å². The Kier molecular flexibility index (Phi) is 11.3. The van der Waals surface area contributed by atoms with Crippen molar-refractivity contribution in [3.05, 3.63) is 72.3 Å². The maximum Gasteiger partial charge on any atom is 0.246 e. The van der Waals surface area contributed by atoms with Crippen LogP contribution in [0.5, 0.6) is 5.75 Å². The summed E-state index contributed by atoms with van der Waals surface area (Å²) in [4.78, 5) is 23.6. The number of pyridine rings is 1. The molecule has 1 aliphatic heterocycles. The second-order valence-electron chi connectivity index (χ2n) is 9.48. The molecule has 3 N–H and O–H groups in total. The van der Waals surface area contributed by atoms with Gasteiger partial charge in [0.25, 0.3) is 0 Å². The number of benzene rings is 1. The molecule has 5 rings (SSSR count). The maximum atomic E-state index is 14.4. The lowest BCUT2D eigenvalue weighted by Gasteiger charge is -2.24. The van der Waals surface area contributed by atoms with Gasteiger partial charge in [-0.3, -0.25) is 18.9 Å². The Hall–Kier alpha value is -4.46. The van der Waals surface area contributed by atoms with Crippen LogP contribution in [-0.4, -0.2) is 90.1 Å². The van der Waals surface area contributed by atoms with Crippen molar-refractivity contribution in [3.63, 3.8) is 0 Å². The van der Waals surface area contributed by atoms with E-state index in [4.69, 9.17) is 20.2 Å². The number of carbonyl (C=O) groups is 1. The van der Waals surface area contributed by atoms with Gasteiger partial charge in [0.15, 0.2) is 0 Å². The van der Waals surface area contributed by atoms with E-state index in [9.17, 15) is 18.7 Å². The van der Waals surface area contributed by atoms with Gasteiger partial charge >= 0.3 is 0 Å². The number of amides is 1. The highest BCUT2D eigenvalue weighted by Gasteiger charge is 2.24. The molecule has 44 heavy (non-hydrogen) atoms. The molecular formula is C31H34F2N6O4S. The summed E-state index contributed by atoms with van der Waals surface area (Å²) < 4.78 is 37.5. The number of carbonyl (C=O) groups excluding carboxylic acids is 1. The first kappa shape index (κ1) is 32.5. The number of aliphatic imine (C=N–C) groups is 1. The molecule has 4 heterocycles. The Morgan fingerprint density at radius 2 is 2.09 bits per heavy atom. The summed E-state index contributed by atoms with van der Waals surface area (Å²) in [7, 11) is 2.07. The molecule has 10 nitrogen and oxygen atoms in total. The van der Waals surface area contributed by atoms with Crippen LogP contribution in [0.4, 0.5) is 8.78 Å². The first-order valence-electron chi connectivity index (χ1n) is 13.7. The van der Waals surface area contributed by atoms with Crippen LogP contribution in [0.2, 0.25) is 0 Å². The first-order chi connectivity index (χ1) is 21.4. The standard InChI is InChI=1S/C30H31FN6O4S.CH3F/c1-3-26(39)36-8-7-33-21(18-36)15-24(32)29-27(22-5-4-20(31)14-25(22)41-12-11-40-2)30-23(6-13-42-30)28(35-29)19-16-34-37(17-19)9-10-38;1-2/h3-6,13-17,38H,1,7-12,18,32H2,2H3;1H3/b24-15-;. The zero-order valence-corrected chi connectivity index (χ0v) is 25.3. The van der Waals surface area contributed by atoms with Gasteiger partial charge in [0.2, 0.25) is 5.91 Å². The van der Waals surface area contributed by atoms with E-state index in [2.05, 4.69) is 16.7 Å². The minimum atomic E-state index is -0.442. The van der Waals surface area contributed by atoms with Crippen molar-refractivity contribution in [3.8, 4) is 28.1 Å². The molecule has 1 amide bonds. The molecule has 0 atom stereocenters. The first-order valence-corrected chi connectivity index (χ1v) is 14.6. The molecule has 1 aromatic carbocycles. The lowest BCUT2D eigenvalue weighted by molar-refractivity contribution is -0.125. The average molecular weight is 625 g/mol. The number of alkyl halides is 1. The average Bonchev–Trinajstić information content (AvgIpc) is 3.72. The van der Waals surface area contributed by atoms with Crippen molar-refractivity contribution in [1.82, 2.24) is 19.7 Å². The van der Waals surface area contributed by atoms with Crippen molar-refractivity contribution in [2.75, 3.05) is 53.7 Å². The minimum Gasteiger partial charge on any atom is -0.490 e. The smallest absolute Gasteiger partial charge is 0.246 e. The zero-order valence-electron chi connectivity index (χ0n) is 24.5. The zero-order chi connectivity index (χ0) is 31.6. The number of hydrogen-bond donors (Lipinski definition) is 2. The molecule has 0 unspecified atom stereocenters. The van der Waals surface area contributed by atoms with E-state index < -0.39 is 5.82 Å². The maximum absolute atomic E-state index is 14.4. The van der Waals surface area contributed by atoms with Crippen molar-refractivity contribution < 1.29 is 28.2 Å². The Bertz CT molecular complexity index is 1680. The number of methoxy groups -OCH3 is 1. The van der Waals surface area contributed by atoms with Crippen molar-refractivity contribution >= 4 is 38.7 Å². The Balaban J connectivity index is 0.00000216. The molecule has 0 saturated heterocycles. The molecule has 13 heteroatoms. The molecule has 0 fully saturated rings. The number of nitrogens with two attached hydrogens (primary N) is 1. The van der Waals surface area contributed by atoms with Crippen LogP contribution >= 0.6 is 11.3 Å². The van der Waals surface area contributed by atoms with Crippen LogP contribution < -0.4 is 10.5 Å². The topological polar surface area (TPSA) is 128 Å². The van der Waals surface area contributed by atoms with E-state index in [0.717, 1.165) is 15.6 Å². The van der Waals surface area contributed by atoms with Gasteiger partial charge in [-0.2, -0.15) is 5.10 Å². The van der Waals surface area contributed by atoms with Gasteiger partial charge in [-0.25, -0.2) is 9.37 Å². The number of nitrogens with zero attached hydrogens (tertiary/aromatic N) is 5. The lowest BCUT2D eigenvalue weighted by atomic mass is 9.97. The van der Waals surface area contributed by atoms with Gasteiger partial charge in [-0.05, 0) is 35.7 Å². The summed E-state index contributed by atoms with van der Waals surface area (Å²) in [5.74, 6) is -0.290. The number of aliphatic hydroxyl groups is 1. The fourth-order valence-electron chi connectivity index (χ4n) is 4.77. The van der Waals surface area contributed by atoms with E-state index in [0.29, 0.717) is 73.1 Å². The molecule has 1 aliphatic rings. The number of aromatic nitrogens is 3. The third-order valence-corrected chi connectivity index (χ3v) is 7.65.